The van der Waals surface area contributed by atoms with E-state index in [1.165, 1.54) is 6.92 Å². The first-order valence-corrected chi connectivity index (χ1v) is 6.71. The molecule has 2 N–H and O–H groups in total. The Bertz CT molecular complexity index is 468. The molecule has 0 spiro atoms. The summed E-state index contributed by atoms with van der Waals surface area (Å²) in [7, 11) is 0. The van der Waals surface area contributed by atoms with Crippen molar-refractivity contribution in [1.29, 1.82) is 0 Å². The van der Waals surface area contributed by atoms with Crippen molar-refractivity contribution in [3.63, 3.8) is 0 Å². The third-order valence-corrected chi connectivity index (χ3v) is 3.14. The molecule has 1 unspecified atom stereocenters. The molecule has 0 aliphatic carbocycles. The van der Waals surface area contributed by atoms with Crippen LogP contribution in [0.1, 0.15) is 6.92 Å². The molecule has 1 amide bonds. The van der Waals surface area contributed by atoms with Crippen LogP contribution in [0.5, 0.6) is 0 Å². The molecule has 1 aromatic carbocycles. The van der Waals surface area contributed by atoms with Crippen molar-refractivity contribution in [1.82, 2.24) is 5.32 Å². The summed E-state index contributed by atoms with van der Waals surface area (Å²) >= 11 is 8.02. The average molecular weight is 407 g/mol. The van der Waals surface area contributed by atoms with E-state index in [4.69, 9.17) is 11.6 Å². The van der Waals surface area contributed by atoms with Crippen LogP contribution in [-0.2, 0) is 4.79 Å². The summed E-state index contributed by atoms with van der Waals surface area (Å²) in [6, 6.07) is 4.30. The summed E-state index contributed by atoms with van der Waals surface area (Å²) in [4.78, 5) is 11.5. The zero-order chi connectivity index (χ0) is 14.6. The quantitative estimate of drug-likeness (QED) is 0.753. The monoisotopic (exact) mass is 406 g/mol. The minimum Gasteiger partial charge on any atom is -0.373 e. The van der Waals surface area contributed by atoms with E-state index in [1.807, 2.05) is 0 Å². The van der Waals surface area contributed by atoms with E-state index in [9.17, 15) is 18.0 Å². The molecule has 19 heavy (non-hydrogen) atoms. The molecule has 0 aromatic heterocycles. The van der Waals surface area contributed by atoms with E-state index in [1.54, 1.807) is 23.5 Å². The molecule has 0 saturated heterocycles. The van der Waals surface area contributed by atoms with Crippen LogP contribution < -0.4 is 10.6 Å². The first kappa shape index (κ1) is 16.4. The lowest BCUT2D eigenvalue weighted by molar-refractivity contribution is -0.138. The van der Waals surface area contributed by atoms with Crippen LogP contribution in [0.15, 0.2) is 18.2 Å². The second kappa shape index (κ2) is 6.65. The molecule has 8 heteroatoms. The topological polar surface area (TPSA) is 41.1 Å². The van der Waals surface area contributed by atoms with Crippen LogP contribution in [0.4, 0.5) is 18.9 Å². The van der Waals surface area contributed by atoms with E-state index in [0.29, 0.717) is 10.7 Å². The summed E-state index contributed by atoms with van der Waals surface area (Å²) in [5, 5.41) is 4.97. The molecule has 0 saturated carbocycles. The van der Waals surface area contributed by atoms with Crippen molar-refractivity contribution >= 4 is 45.8 Å². The van der Waals surface area contributed by atoms with Gasteiger partial charge in [-0.1, -0.05) is 11.6 Å². The first-order chi connectivity index (χ1) is 8.69. The smallest absolute Gasteiger partial charge is 0.373 e. The average Bonchev–Trinajstić information content (AvgIpc) is 2.28. The predicted octanol–water partition coefficient (Wildman–Crippen LogP) is 3.42. The van der Waals surface area contributed by atoms with Crippen LogP contribution >= 0.6 is 34.2 Å². The maximum Gasteiger partial charge on any atom is 0.405 e. The van der Waals surface area contributed by atoms with Gasteiger partial charge in [-0.3, -0.25) is 4.79 Å². The second-order valence-corrected chi connectivity index (χ2v) is 5.48. The van der Waals surface area contributed by atoms with Gasteiger partial charge in [-0.15, -0.1) is 0 Å². The van der Waals surface area contributed by atoms with Gasteiger partial charge in [0.2, 0.25) is 5.91 Å². The minimum atomic E-state index is -4.42. The fraction of sp³-hybridized carbons (Fsp3) is 0.364. The Hall–Kier alpha value is -0.700. The Balaban J connectivity index is 2.59. The normalized spacial score (nSPS) is 12.9. The summed E-state index contributed by atoms with van der Waals surface area (Å²) < 4.78 is 36.8. The third-order valence-electron chi connectivity index (χ3n) is 2.16. The fourth-order valence-electron chi connectivity index (χ4n) is 1.25. The zero-order valence-electron chi connectivity index (χ0n) is 9.81. The highest BCUT2D eigenvalue weighted by molar-refractivity contribution is 14.1. The van der Waals surface area contributed by atoms with Gasteiger partial charge in [-0.2, -0.15) is 13.2 Å². The Kier molecular flexibility index (Phi) is 5.72. The number of nitrogens with one attached hydrogen (secondary N) is 2. The van der Waals surface area contributed by atoms with Crippen molar-refractivity contribution in [3.05, 3.63) is 26.8 Å². The summed E-state index contributed by atoms with van der Waals surface area (Å²) in [6.45, 7) is 0.109. The van der Waals surface area contributed by atoms with Crippen LogP contribution in [0.3, 0.4) is 0 Å². The third kappa shape index (κ3) is 5.85. The van der Waals surface area contributed by atoms with Crippen molar-refractivity contribution in [3.8, 4) is 0 Å². The number of anilines is 1. The van der Waals surface area contributed by atoms with Gasteiger partial charge < -0.3 is 10.6 Å². The van der Waals surface area contributed by atoms with E-state index in [2.05, 4.69) is 27.9 Å². The van der Waals surface area contributed by atoms with Crippen LogP contribution in [0.2, 0.25) is 5.02 Å². The van der Waals surface area contributed by atoms with E-state index in [0.717, 1.165) is 3.57 Å². The molecule has 0 bridgehead atoms. The number of hydrogen-bond donors (Lipinski definition) is 2. The van der Waals surface area contributed by atoms with Crippen molar-refractivity contribution in [2.45, 2.75) is 19.1 Å². The van der Waals surface area contributed by atoms with Gasteiger partial charge in [0.25, 0.3) is 0 Å². The highest BCUT2D eigenvalue weighted by Gasteiger charge is 2.28. The van der Waals surface area contributed by atoms with Gasteiger partial charge >= 0.3 is 6.18 Å². The maximum absolute atomic E-state index is 12.0. The summed E-state index contributed by atoms with van der Waals surface area (Å²) in [5.41, 5.74) is 0.497. The SMILES string of the molecule is CC(Nc1ccc(I)cc1Cl)C(=O)NCC(F)(F)F. The number of benzene rings is 1. The van der Waals surface area contributed by atoms with E-state index >= 15 is 0 Å². The van der Waals surface area contributed by atoms with Gasteiger partial charge in [-0.25, -0.2) is 0 Å². The maximum atomic E-state index is 12.0. The lowest BCUT2D eigenvalue weighted by Crippen LogP contribution is -2.42. The van der Waals surface area contributed by atoms with Gasteiger partial charge in [0.15, 0.2) is 0 Å². The molecule has 0 aliphatic rings. The van der Waals surface area contributed by atoms with Crippen LogP contribution in [0.25, 0.3) is 0 Å². The molecule has 106 valence electrons. The second-order valence-electron chi connectivity index (χ2n) is 3.82. The highest BCUT2D eigenvalue weighted by Crippen LogP contribution is 2.24. The molecule has 1 atom stereocenters. The fourth-order valence-corrected chi connectivity index (χ4v) is 2.16. The minimum absolute atomic E-state index is 0.405. The Morgan fingerprint density at radius 2 is 2.11 bits per heavy atom. The van der Waals surface area contributed by atoms with Gasteiger partial charge in [0.05, 0.1) is 10.7 Å². The lowest BCUT2D eigenvalue weighted by atomic mass is 10.2. The number of carbonyl (C=O) groups excluding carboxylic acids is 1. The van der Waals surface area contributed by atoms with E-state index < -0.39 is 24.7 Å². The number of alkyl halides is 3. The van der Waals surface area contributed by atoms with Gasteiger partial charge in [-0.05, 0) is 47.7 Å². The van der Waals surface area contributed by atoms with Crippen molar-refractivity contribution in [2.75, 3.05) is 11.9 Å². The number of hydrogen-bond acceptors (Lipinski definition) is 2. The summed E-state index contributed by atoms with van der Waals surface area (Å²) in [5.74, 6) is -0.744. The Morgan fingerprint density at radius 3 is 2.63 bits per heavy atom. The Labute approximate surface area is 127 Å². The van der Waals surface area contributed by atoms with Gasteiger partial charge in [0.1, 0.15) is 12.6 Å². The molecular weight excluding hydrogens is 395 g/mol. The molecule has 3 nitrogen and oxygen atoms in total. The lowest BCUT2D eigenvalue weighted by Gasteiger charge is -2.17. The number of halogens is 5. The Morgan fingerprint density at radius 1 is 1.47 bits per heavy atom. The summed E-state index contributed by atoms with van der Waals surface area (Å²) in [6.07, 6.45) is -4.42. The molecular formula is C11H11ClF3IN2O. The molecule has 1 rings (SSSR count). The van der Waals surface area contributed by atoms with Crippen molar-refractivity contribution in [2.24, 2.45) is 0 Å². The predicted molar refractivity (Wildman–Crippen MR) is 76.3 cm³/mol. The number of rotatable bonds is 4. The molecule has 1 aromatic rings. The van der Waals surface area contributed by atoms with Crippen molar-refractivity contribution < 1.29 is 18.0 Å². The molecule has 0 radical (unpaired) electrons. The van der Waals surface area contributed by atoms with Crippen LogP contribution in [0, 0.1) is 3.57 Å². The number of amides is 1. The molecule has 0 fully saturated rings. The highest BCUT2D eigenvalue weighted by atomic mass is 127. The zero-order valence-corrected chi connectivity index (χ0v) is 12.7. The largest absolute Gasteiger partial charge is 0.405 e. The van der Waals surface area contributed by atoms with E-state index in [-0.39, 0.29) is 0 Å². The molecule has 0 aliphatic heterocycles. The standard InChI is InChI=1S/C11H11ClF3IN2O/c1-6(10(19)17-5-11(13,14)15)18-9-3-2-7(16)4-8(9)12/h2-4,6,18H,5H2,1H3,(H,17,19). The molecule has 0 heterocycles. The first-order valence-electron chi connectivity index (χ1n) is 5.25. The number of carbonyl (C=O) groups is 1. The van der Waals surface area contributed by atoms with Gasteiger partial charge in [0, 0.05) is 3.57 Å². The van der Waals surface area contributed by atoms with Crippen LogP contribution in [-0.4, -0.2) is 24.7 Å².